The summed E-state index contributed by atoms with van der Waals surface area (Å²) in [5.41, 5.74) is 0. The molecule has 5 nitrogen and oxygen atoms in total. The molecule has 2 amide bonds. The molecule has 0 aromatic carbocycles. The van der Waals surface area contributed by atoms with Gasteiger partial charge in [0.25, 0.3) is 0 Å². The zero-order chi connectivity index (χ0) is 10.6. The van der Waals surface area contributed by atoms with Crippen LogP contribution in [-0.2, 0) is 14.3 Å². The lowest BCUT2D eigenvalue weighted by Crippen LogP contribution is -2.42. The quantitative estimate of drug-likeness (QED) is 0.599. The Labute approximate surface area is 83.6 Å². The number of carbonyl (C=O) groups excluding carboxylic acids is 2. The van der Waals surface area contributed by atoms with Gasteiger partial charge in [-0.1, -0.05) is 0 Å². The van der Waals surface area contributed by atoms with Crippen molar-refractivity contribution >= 4 is 11.8 Å². The summed E-state index contributed by atoms with van der Waals surface area (Å²) in [7, 11) is 0. The highest BCUT2D eigenvalue weighted by molar-refractivity contribution is 5.78. The fraction of sp³-hybridized carbons (Fsp3) is 0.778. The van der Waals surface area contributed by atoms with Gasteiger partial charge in [0.15, 0.2) is 0 Å². The van der Waals surface area contributed by atoms with Gasteiger partial charge in [-0.25, -0.2) is 0 Å². The average Bonchev–Trinajstić information content (AvgIpc) is 2.12. The Bertz CT molecular complexity index is 230. The molecule has 1 heterocycles. The maximum absolute atomic E-state index is 11.5. The second-order valence-corrected chi connectivity index (χ2v) is 3.24. The third-order valence-electron chi connectivity index (χ3n) is 2.27. The Morgan fingerprint density at radius 1 is 1.50 bits per heavy atom. The number of ether oxygens (including phenoxy) is 1. The Balaban J connectivity index is 2.52. The zero-order valence-corrected chi connectivity index (χ0v) is 8.65. The highest BCUT2D eigenvalue weighted by Crippen LogP contribution is 2.03. The van der Waals surface area contributed by atoms with E-state index in [1.165, 1.54) is 11.8 Å². The van der Waals surface area contributed by atoms with Crippen LogP contribution in [-0.4, -0.2) is 48.2 Å². The molecule has 80 valence electrons. The van der Waals surface area contributed by atoms with Crippen molar-refractivity contribution in [3.8, 4) is 0 Å². The van der Waals surface area contributed by atoms with Crippen LogP contribution in [0.5, 0.6) is 0 Å². The van der Waals surface area contributed by atoms with E-state index in [-0.39, 0.29) is 25.3 Å². The molecule has 0 spiro atoms. The van der Waals surface area contributed by atoms with Crippen LogP contribution in [0.1, 0.15) is 20.3 Å². The van der Waals surface area contributed by atoms with Crippen LogP contribution in [0.3, 0.4) is 0 Å². The summed E-state index contributed by atoms with van der Waals surface area (Å²) in [6, 6.07) is 0. The van der Waals surface area contributed by atoms with Crippen LogP contribution in [0.2, 0.25) is 0 Å². The molecule has 0 unspecified atom stereocenters. The maximum atomic E-state index is 11.5. The summed E-state index contributed by atoms with van der Waals surface area (Å²) in [5, 5.41) is 0. The molecule has 0 aromatic rings. The lowest BCUT2D eigenvalue weighted by atomic mass is 10.3. The summed E-state index contributed by atoms with van der Waals surface area (Å²) >= 11 is 0. The largest absolute Gasteiger partial charge is 0.341 e. The normalized spacial score (nSPS) is 19.1. The van der Waals surface area contributed by atoms with E-state index in [1.807, 2.05) is 6.92 Å². The van der Waals surface area contributed by atoms with Crippen LogP contribution in [0.4, 0.5) is 0 Å². The molecular weight excluding hydrogens is 184 g/mol. The van der Waals surface area contributed by atoms with E-state index in [4.69, 9.17) is 4.74 Å². The molecule has 14 heavy (non-hydrogen) atoms. The minimum Gasteiger partial charge on any atom is -0.341 e. The number of carbonyl (C=O) groups is 2. The number of rotatable bonds is 1. The maximum Gasteiger partial charge on any atom is 0.226 e. The molecule has 0 atom stereocenters. The molecule has 1 saturated heterocycles. The van der Waals surface area contributed by atoms with E-state index in [2.05, 4.69) is 0 Å². The van der Waals surface area contributed by atoms with Gasteiger partial charge in [0.2, 0.25) is 11.8 Å². The summed E-state index contributed by atoms with van der Waals surface area (Å²) in [6.07, 6.45) is 0.386. The van der Waals surface area contributed by atoms with Crippen LogP contribution in [0.25, 0.3) is 0 Å². The highest BCUT2D eigenvalue weighted by Gasteiger charge is 2.18. The topological polar surface area (TPSA) is 49.9 Å². The highest BCUT2D eigenvalue weighted by atomic mass is 16.5. The second-order valence-electron chi connectivity index (χ2n) is 3.24. The third kappa shape index (κ3) is 2.70. The van der Waals surface area contributed by atoms with E-state index in [1.54, 1.807) is 4.90 Å². The smallest absolute Gasteiger partial charge is 0.226 e. The fourth-order valence-corrected chi connectivity index (χ4v) is 1.30. The van der Waals surface area contributed by atoms with Crippen molar-refractivity contribution in [1.82, 2.24) is 9.80 Å². The number of hydrogen-bond donors (Lipinski definition) is 0. The lowest BCUT2D eigenvalue weighted by Gasteiger charge is -2.28. The SMILES string of the molecule is CCN1COCN(C(C)=O)CCC1=O. The van der Waals surface area contributed by atoms with Crippen molar-refractivity contribution in [3.05, 3.63) is 0 Å². The van der Waals surface area contributed by atoms with Crippen molar-refractivity contribution in [2.45, 2.75) is 20.3 Å². The molecule has 0 radical (unpaired) electrons. The third-order valence-corrected chi connectivity index (χ3v) is 2.27. The minimum absolute atomic E-state index is 0.0402. The number of hydrogen-bond acceptors (Lipinski definition) is 3. The number of nitrogens with zero attached hydrogens (tertiary/aromatic N) is 2. The van der Waals surface area contributed by atoms with Crippen LogP contribution < -0.4 is 0 Å². The van der Waals surface area contributed by atoms with Crippen LogP contribution >= 0.6 is 0 Å². The molecule has 1 rings (SSSR count). The van der Waals surface area contributed by atoms with E-state index in [9.17, 15) is 9.59 Å². The van der Waals surface area contributed by atoms with E-state index >= 15 is 0 Å². The molecule has 1 aliphatic heterocycles. The molecule has 0 aliphatic carbocycles. The van der Waals surface area contributed by atoms with Gasteiger partial charge >= 0.3 is 0 Å². The predicted octanol–water partition coefficient (Wildman–Crippen LogP) is 0.0187. The van der Waals surface area contributed by atoms with Crippen molar-refractivity contribution in [3.63, 3.8) is 0 Å². The lowest BCUT2D eigenvalue weighted by molar-refractivity contribution is -0.149. The van der Waals surface area contributed by atoms with Gasteiger partial charge in [0.05, 0.1) is 0 Å². The number of amides is 2. The monoisotopic (exact) mass is 200 g/mol. The standard InChI is InChI=1S/C9H16N2O3/c1-3-10-6-14-7-11(8(2)12)5-4-9(10)13/h3-7H2,1-2H3. The predicted molar refractivity (Wildman–Crippen MR) is 50.2 cm³/mol. The summed E-state index contributed by atoms with van der Waals surface area (Å²) in [6.45, 7) is 5.04. The van der Waals surface area contributed by atoms with Gasteiger partial charge in [-0.15, -0.1) is 0 Å². The zero-order valence-electron chi connectivity index (χ0n) is 8.65. The van der Waals surface area contributed by atoms with Crippen molar-refractivity contribution < 1.29 is 14.3 Å². The van der Waals surface area contributed by atoms with Crippen molar-refractivity contribution in [2.24, 2.45) is 0 Å². The van der Waals surface area contributed by atoms with Gasteiger partial charge in [0.1, 0.15) is 13.5 Å². The Morgan fingerprint density at radius 3 is 2.79 bits per heavy atom. The molecule has 1 aliphatic rings. The first-order chi connectivity index (χ1) is 6.65. The first-order valence-electron chi connectivity index (χ1n) is 4.76. The minimum atomic E-state index is -0.0530. The van der Waals surface area contributed by atoms with Gasteiger partial charge < -0.3 is 14.5 Å². The Kier molecular flexibility index (Phi) is 3.88. The molecule has 0 aromatic heterocycles. The summed E-state index contributed by atoms with van der Waals surface area (Å²) < 4.78 is 5.23. The van der Waals surface area contributed by atoms with Crippen LogP contribution in [0.15, 0.2) is 0 Å². The van der Waals surface area contributed by atoms with E-state index in [0.717, 1.165) is 0 Å². The van der Waals surface area contributed by atoms with Gasteiger partial charge in [-0.05, 0) is 6.92 Å². The molecule has 0 saturated carbocycles. The van der Waals surface area contributed by atoms with E-state index < -0.39 is 0 Å². The molecule has 0 bridgehead atoms. The summed E-state index contributed by atoms with van der Waals surface area (Å²) in [4.78, 5) is 25.7. The second kappa shape index (κ2) is 4.95. The van der Waals surface area contributed by atoms with E-state index in [0.29, 0.717) is 19.5 Å². The summed E-state index contributed by atoms with van der Waals surface area (Å²) in [5.74, 6) is -0.0128. The van der Waals surface area contributed by atoms with Gasteiger partial charge in [-0.2, -0.15) is 0 Å². The molecule has 1 fully saturated rings. The molecule has 0 N–H and O–H groups in total. The molecular formula is C9H16N2O3. The first kappa shape index (κ1) is 11.0. The Hall–Kier alpha value is -1.10. The average molecular weight is 200 g/mol. The fourth-order valence-electron chi connectivity index (χ4n) is 1.30. The van der Waals surface area contributed by atoms with Gasteiger partial charge in [0, 0.05) is 26.4 Å². The van der Waals surface area contributed by atoms with Gasteiger partial charge in [-0.3, -0.25) is 9.59 Å². The molecule has 5 heteroatoms. The van der Waals surface area contributed by atoms with Crippen molar-refractivity contribution in [1.29, 1.82) is 0 Å². The van der Waals surface area contributed by atoms with Crippen molar-refractivity contribution in [2.75, 3.05) is 26.6 Å². The first-order valence-corrected chi connectivity index (χ1v) is 4.76. The van der Waals surface area contributed by atoms with Crippen LogP contribution in [0, 0.1) is 0 Å². The Morgan fingerprint density at radius 2 is 2.21 bits per heavy atom.